The van der Waals surface area contributed by atoms with Crippen molar-refractivity contribution in [3.63, 3.8) is 0 Å². The predicted molar refractivity (Wildman–Crippen MR) is 137 cm³/mol. The number of nitrogens with zero attached hydrogens (tertiary/aromatic N) is 4. The Morgan fingerprint density at radius 1 is 0.972 bits per heavy atom. The van der Waals surface area contributed by atoms with Crippen LogP contribution in [0.5, 0.6) is 5.75 Å². The molecule has 36 heavy (non-hydrogen) atoms. The number of nitrogens with one attached hydrogen (secondary N) is 3. The van der Waals surface area contributed by atoms with E-state index in [9.17, 15) is 4.79 Å². The summed E-state index contributed by atoms with van der Waals surface area (Å²) in [5, 5.41) is 16.9. The highest BCUT2D eigenvalue weighted by Gasteiger charge is 2.21. The van der Waals surface area contributed by atoms with Crippen LogP contribution < -0.4 is 15.4 Å². The summed E-state index contributed by atoms with van der Waals surface area (Å²) in [6, 6.07) is 19.7. The molecule has 0 bridgehead atoms. The number of hydrogen-bond donors (Lipinski definition) is 3. The fourth-order valence-electron chi connectivity index (χ4n) is 4.59. The number of carbonyl (C=O) groups excluding carboxylic acids is 1. The Balaban J connectivity index is 1.16. The Morgan fingerprint density at radius 3 is 2.50 bits per heavy atom. The number of carbonyl (C=O) groups is 1. The number of methoxy groups -OCH3 is 1. The third-order valence-electron chi connectivity index (χ3n) is 6.38. The van der Waals surface area contributed by atoms with Gasteiger partial charge >= 0.3 is 0 Å². The maximum absolute atomic E-state index is 13.0. The van der Waals surface area contributed by atoms with E-state index >= 15 is 0 Å². The van der Waals surface area contributed by atoms with Crippen LogP contribution in [0.2, 0.25) is 0 Å². The van der Waals surface area contributed by atoms with E-state index in [0.717, 1.165) is 24.0 Å². The number of benzene rings is 3. The first kappa shape index (κ1) is 21.7. The van der Waals surface area contributed by atoms with Gasteiger partial charge in [0, 0.05) is 35.8 Å². The molecule has 0 saturated heterocycles. The highest BCUT2D eigenvalue weighted by Crippen LogP contribution is 2.27. The van der Waals surface area contributed by atoms with Gasteiger partial charge in [0.1, 0.15) is 11.3 Å². The van der Waals surface area contributed by atoms with Crippen LogP contribution in [0.1, 0.15) is 21.5 Å². The monoisotopic (exact) mass is 477 g/mol. The molecule has 1 amide bonds. The topological polar surface area (TPSA) is 118 Å². The summed E-state index contributed by atoms with van der Waals surface area (Å²) in [5.74, 6) is 0.739. The molecule has 0 spiro atoms. The molecule has 5 aromatic rings. The molecule has 2 heterocycles. The summed E-state index contributed by atoms with van der Waals surface area (Å²) in [5.41, 5.74) is 6.80. The van der Waals surface area contributed by atoms with Gasteiger partial charge in [-0.25, -0.2) is 9.97 Å². The molecular weight excluding hydrogens is 454 g/mol. The molecule has 0 aliphatic heterocycles. The van der Waals surface area contributed by atoms with Crippen molar-refractivity contribution in [1.82, 2.24) is 25.4 Å². The molecule has 0 saturated carbocycles. The second-order valence-electron chi connectivity index (χ2n) is 8.73. The van der Waals surface area contributed by atoms with Gasteiger partial charge in [-0.2, -0.15) is 0 Å². The Bertz CT molecular complexity index is 1540. The van der Waals surface area contributed by atoms with Crippen molar-refractivity contribution >= 4 is 28.6 Å². The molecule has 9 nitrogen and oxygen atoms in total. The van der Waals surface area contributed by atoms with E-state index in [4.69, 9.17) is 4.74 Å². The summed E-state index contributed by atoms with van der Waals surface area (Å²) in [4.78, 5) is 22.1. The largest absolute Gasteiger partial charge is 0.496 e. The molecule has 1 aliphatic rings. The first-order chi connectivity index (χ1) is 17.7. The molecule has 2 aromatic heterocycles. The second-order valence-corrected chi connectivity index (χ2v) is 8.73. The van der Waals surface area contributed by atoms with Crippen LogP contribution in [-0.2, 0) is 12.8 Å². The number of amides is 1. The Labute approximate surface area is 207 Å². The lowest BCUT2D eigenvalue weighted by atomic mass is 10.1. The fraction of sp³-hybridized carbons (Fsp3) is 0.148. The summed E-state index contributed by atoms with van der Waals surface area (Å²) in [6.45, 7) is 0. The Kier molecular flexibility index (Phi) is 5.49. The lowest BCUT2D eigenvalue weighted by molar-refractivity contribution is 0.102. The molecule has 9 heteroatoms. The average molecular weight is 478 g/mol. The predicted octanol–water partition coefficient (Wildman–Crippen LogP) is 4.26. The molecule has 0 fully saturated rings. The van der Waals surface area contributed by atoms with E-state index in [2.05, 4.69) is 60.3 Å². The van der Waals surface area contributed by atoms with Gasteiger partial charge in [0.2, 0.25) is 5.95 Å². The lowest BCUT2D eigenvalue weighted by Crippen LogP contribution is -2.20. The lowest BCUT2D eigenvalue weighted by Gasteiger charge is -2.12. The number of hydrogen-bond acceptors (Lipinski definition) is 7. The van der Waals surface area contributed by atoms with Crippen LogP contribution in [-0.4, -0.2) is 44.4 Å². The van der Waals surface area contributed by atoms with E-state index in [1.54, 1.807) is 24.5 Å². The molecular formula is C27H23N7O2. The Hall–Kier alpha value is -4.79. The molecule has 1 aliphatic carbocycles. The number of fused-ring (bicyclic) bond motifs is 2. The van der Waals surface area contributed by atoms with Crippen molar-refractivity contribution < 1.29 is 9.53 Å². The van der Waals surface area contributed by atoms with Gasteiger partial charge in [-0.3, -0.25) is 9.89 Å². The average Bonchev–Trinajstić information content (AvgIpc) is 3.54. The van der Waals surface area contributed by atoms with E-state index in [0.29, 0.717) is 40.0 Å². The third-order valence-corrected chi connectivity index (χ3v) is 6.38. The molecule has 6 rings (SSSR count). The first-order valence-electron chi connectivity index (χ1n) is 11.6. The Morgan fingerprint density at radius 2 is 1.75 bits per heavy atom. The van der Waals surface area contributed by atoms with Crippen LogP contribution in [0.15, 0.2) is 73.1 Å². The number of aromatic amines is 1. The summed E-state index contributed by atoms with van der Waals surface area (Å²) in [6.07, 6.45) is 5.52. The highest BCUT2D eigenvalue weighted by atomic mass is 16.5. The third kappa shape index (κ3) is 4.22. The van der Waals surface area contributed by atoms with Crippen molar-refractivity contribution in [3.05, 3.63) is 89.7 Å². The molecule has 0 unspecified atom stereocenters. The van der Waals surface area contributed by atoms with Crippen molar-refractivity contribution in [1.29, 1.82) is 0 Å². The minimum absolute atomic E-state index is 0.292. The fourth-order valence-corrected chi connectivity index (χ4v) is 4.59. The highest BCUT2D eigenvalue weighted by molar-refractivity contribution is 6.08. The smallest absolute Gasteiger partial charge is 0.259 e. The zero-order valence-electron chi connectivity index (χ0n) is 19.5. The molecule has 3 aromatic carbocycles. The van der Waals surface area contributed by atoms with E-state index < -0.39 is 0 Å². The zero-order chi connectivity index (χ0) is 24.5. The van der Waals surface area contributed by atoms with Gasteiger partial charge < -0.3 is 15.4 Å². The van der Waals surface area contributed by atoms with E-state index in [1.165, 1.54) is 18.2 Å². The summed E-state index contributed by atoms with van der Waals surface area (Å²) in [7, 11) is 1.52. The van der Waals surface area contributed by atoms with Crippen LogP contribution in [0.4, 0.5) is 11.6 Å². The molecule has 0 radical (unpaired) electrons. The number of ether oxygens (including phenoxy) is 1. The quantitative estimate of drug-likeness (QED) is 0.335. The standard InChI is InChI=1S/C27H23N7O2/c1-36-25-13-24-23(32-34-33-24)12-22(25)26(35)30-20-8-4-7-18(9-20)19-14-28-27(29-15-19)31-21-10-16-5-2-3-6-17(16)11-21/h2-9,12-15,21H,10-11H2,1H3,(H,30,35)(H,28,29,31)(H,32,33,34). The maximum Gasteiger partial charge on any atom is 0.259 e. The van der Waals surface area contributed by atoms with E-state index in [-0.39, 0.29) is 5.91 Å². The summed E-state index contributed by atoms with van der Waals surface area (Å²) >= 11 is 0. The van der Waals surface area contributed by atoms with E-state index in [1.807, 2.05) is 24.3 Å². The van der Waals surface area contributed by atoms with Crippen LogP contribution in [0, 0.1) is 0 Å². The number of aromatic nitrogens is 5. The second kappa shape index (κ2) is 9.10. The zero-order valence-corrected chi connectivity index (χ0v) is 19.5. The minimum Gasteiger partial charge on any atom is -0.496 e. The van der Waals surface area contributed by atoms with Gasteiger partial charge in [-0.15, -0.1) is 5.10 Å². The van der Waals surface area contributed by atoms with Gasteiger partial charge in [0.05, 0.1) is 18.2 Å². The summed E-state index contributed by atoms with van der Waals surface area (Å²) < 4.78 is 5.39. The molecule has 0 atom stereocenters. The van der Waals surface area contributed by atoms with Crippen LogP contribution in [0.25, 0.3) is 22.2 Å². The van der Waals surface area contributed by atoms with Crippen molar-refractivity contribution in [2.45, 2.75) is 18.9 Å². The maximum atomic E-state index is 13.0. The van der Waals surface area contributed by atoms with Crippen LogP contribution in [0.3, 0.4) is 0 Å². The number of H-pyrrole nitrogens is 1. The molecule has 3 N–H and O–H groups in total. The van der Waals surface area contributed by atoms with Gasteiger partial charge in [0.25, 0.3) is 5.91 Å². The van der Waals surface area contributed by atoms with Crippen LogP contribution >= 0.6 is 0 Å². The van der Waals surface area contributed by atoms with Gasteiger partial charge in [-0.05, 0) is 47.7 Å². The van der Waals surface area contributed by atoms with Crippen molar-refractivity contribution in [2.24, 2.45) is 0 Å². The van der Waals surface area contributed by atoms with Crippen molar-refractivity contribution in [3.8, 4) is 16.9 Å². The van der Waals surface area contributed by atoms with Gasteiger partial charge in [-0.1, -0.05) is 41.6 Å². The normalized spacial score (nSPS) is 12.9. The minimum atomic E-state index is -0.303. The number of rotatable bonds is 6. The van der Waals surface area contributed by atoms with Gasteiger partial charge in [0.15, 0.2) is 0 Å². The number of anilines is 2. The SMILES string of the molecule is COc1cc2[nH]nnc2cc1C(=O)Nc1cccc(-c2cnc(NC3Cc4ccccc4C3)nc2)c1. The first-order valence-corrected chi connectivity index (χ1v) is 11.6. The molecule has 178 valence electrons. The van der Waals surface area contributed by atoms with Crippen molar-refractivity contribution in [2.75, 3.05) is 17.7 Å².